The highest BCUT2D eigenvalue weighted by Crippen LogP contribution is 2.44. The molecule has 2 aliphatic rings. The van der Waals surface area contributed by atoms with E-state index in [1.165, 1.54) is 19.3 Å². The molecule has 26 heavy (non-hydrogen) atoms. The summed E-state index contributed by atoms with van der Waals surface area (Å²) in [6.45, 7) is 0. The monoisotopic (exact) mass is 370 g/mol. The Labute approximate surface area is 153 Å². The van der Waals surface area contributed by atoms with Gasteiger partial charge in [0, 0.05) is 17.3 Å². The van der Waals surface area contributed by atoms with Gasteiger partial charge in [-0.1, -0.05) is 24.6 Å². The first-order valence-corrected chi connectivity index (χ1v) is 10.5. The van der Waals surface area contributed by atoms with Crippen LogP contribution in [0.3, 0.4) is 0 Å². The van der Waals surface area contributed by atoms with Crippen molar-refractivity contribution in [2.24, 2.45) is 11.8 Å². The number of rotatable bonds is 5. The Hall–Kier alpha value is -2.34. The summed E-state index contributed by atoms with van der Waals surface area (Å²) in [5, 5.41) is 3.14. The minimum absolute atomic E-state index is 0.0833. The average molecular weight is 370 g/mol. The Morgan fingerprint density at radius 3 is 2.27 bits per heavy atom. The first-order valence-electron chi connectivity index (χ1n) is 9.00. The number of fused-ring (bicyclic) bond motifs is 2. The van der Waals surface area contributed by atoms with Crippen molar-refractivity contribution in [1.29, 1.82) is 0 Å². The molecule has 4 rings (SSSR count). The summed E-state index contributed by atoms with van der Waals surface area (Å²) in [6.07, 6.45) is 4.85. The molecule has 0 spiro atoms. The SMILES string of the molecule is O=C(N[C@@H]1C[C@H]2CC[C@H]1C2)c1ccc(NS(=O)(=O)c2ccccc2)cc1. The molecule has 2 aromatic rings. The predicted molar refractivity (Wildman–Crippen MR) is 100 cm³/mol. The second-order valence-corrected chi connectivity index (χ2v) is 8.93. The van der Waals surface area contributed by atoms with Crippen molar-refractivity contribution in [3.8, 4) is 0 Å². The van der Waals surface area contributed by atoms with Gasteiger partial charge in [-0.05, 0) is 67.5 Å². The molecule has 2 N–H and O–H groups in total. The molecule has 0 radical (unpaired) electrons. The van der Waals surface area contributed by atoms with Gasteiger partial charge in [-0.3, -0.25) is 9.52 Å². The fourth-order valence-corrected chi connectivity index (χ4v) is 5.26. The van der Waals surface area contributed by atoms with E-state index in [-0.39, 0.29) is 16.8 Å². The van der Waals surface area contributed by atoms with Crippen LogP contribution in [0.4, 0.5) is 5.69 Å². The molecule has 6 heteroatoms. The standard InChI is InChI=1S/C20H22N2O3S/c23-20(21-19-13-14-6-7-16(19)12-14)15-8-10-17(11-9-15)22-26(24,25)18-4-2-1-3-5-18/h1-5,8-11,14,16,19,22H,6-7,12-13H2,(H,21,23)/t14-,16-,19+/m0/s1. The van der Waals surface area contributed by atoms with Gasteiger partial charge >= 0.3 is 0 Å². The lowest BCUT2D eigenvalue weighted by atomic mass is 9.95. The molecule has 0 heterocycles. The Kier molecular flexibility index (Phi) is 4.44. The minimum Gasteiger partial charge on any atom is -0.349 e. The zero-order valence-corrected chi connectivity index (χ0v) is 15.2. The fraction of sp³-hybridized carbons (Fsp3) is 0.350. The number of sulfonamides is 1. The van der Waals surface area contributed by atoms with Gasteiger partial charge in [0.05, 0.1) is 4.90 Å². The highest BCUT2D eigenvalue weighted by molar-refractivity contribution is 7.92. The number of carbonyl (C=O) groups excluding carboxylic acids is 1. The lowest BCUT2D eigenvalue weighted by Crippen LogP contribution is -2.38. The summed E-state index contributed by atoms with van der Waals surface area (Å²) in [5.74, 6) is 1.32. The molecule has 0 unspecified atom stereocenters. The molecular weight excluding hydrogens is 348 g/mol. The Balaban J connectivity index is 1.41. The quantitative estimate of drug-likeness (QED) is 0.847. The Morgan fingerprint density at radius 2 is 1.65 bits per heavy atom. The van der Waals surface area contributed by atoms with E-state index in [9.17, 15) is 13.2 Å². The number of hydrogen-bond donors (Lipinski definition) is 2. The van der Waals surface area contributed by atoms with E-state index in [0.29, 0.717) is 17.2 Å². The highest BCUT2D eigenvalue weighted by atomic mass is 32.2. The number of hydrogen-bond acceptors (Lipinski definition) is 3. The number of amides is 1. The highest BCUT2D eigenvalue weighted by Gasteiger charge is 2.40. The minimum atomic E-state index is -3.62. The summed E-state index contributed by atoms with van der Waals surface area (Å²) >= 11 is 0. The number of carbonyl (C=O) groups is 1. The second-order valence-electron chi connectivity index (χ2n) is 7.25. The molecule has 1 amide bonds. The summed E-state index contributed by atoms with van der Waals surface area (Å²) < 4.78 is 27.2. The molecule has 2 aromatic carbocycles. The molecule has 2 bridgehead atoms. The van der Waals surface area contributed by atoms with Gasteiger partial charge < -0.3 is 5.32 Å². The first-order chi connectivity index (χ1) is 12.5. The van der Waals surface area contributed by atoms with Crippen LogP contribution in [0.1, 0.15) is 36.0 Å². The fourth-order valence-electron chi connectivity index (χ4n) is 4.18. The van der Waals surface area contributed by atoms with E-state index in [0.717, 1.165) is 12.3 Å². The molecule has 0 aliphatic heterocycles. The largest absolute Gasteiger partial charge is 0.349 e. The van der Waals surface area contributed by atoms with Crippen molar-refractivity contribution in [2.75, 3.05) is 4.72 Å². The molecule has 3 atom stereocenters. The van der Waals surface area contributed by atoms with Gasteiger partial charge in [-0.25, -0.2) is 8.42 Å². The van der Waals surface area contributed by atoms with E-state index >= 15 is 0 Å². The second kappa shape index (κ2) is 6.76. The topological polar surface area (TPSA) is 75.3 Å². The molecular formula is C20H22N2O3S. The van der Waals surface area contributed by atoms with Crippen molar-refractivity contribution in [2.45, 2.75) is 36.6 Å². The Bertz CT molecular complexity index is 894. The van der Waals surface area contributed by atoms with E-state index < -0.39 is 10.0 Å². The molecule has 136 valence electrons. The van der Waals surface area contributed by atoms with Crippen molar-refractivity contribution < 1.29 is 13.2 Å². The number of nitrogens with one attached hydrogen (secondary N) is 2. The van der Waals surface area contributed by atoms with E-state index in [4.69, 9.17) is 0 Å². The molecule has 0 saturated heterocycles. The molecule has 2 saturated carbocycles. The van der Waals surface area contributed by atoms with Gasteiger partial charge in [0.25, 0.3) is 15.9 Å². The first kappa shape index (κ1) is 17.1. The van der Waals surface area contributed by atoms with Crippen molar-refractivity contribution >= 4 is 21.6 Å². The predicted octanol–water partition coefficient (Wildman–Crippen LogP) is 3.41. The van der Waals surface area contributed by atoms with Crippen LogP contribution >= 0.6 is 0 Å². The van der Waals surface area contributed by atoms with Crippen LogP contribution in [0.15, 0.2) is 59.5 Å². The normalized spacial score (nSPS) is 24.4. The zero-order chi connectivity index (χ0) is 18.1. The van der Waals surface area contributed by atoms with Gasteiger partial charge in [0.2, 0.25) is 0 Å². The third kappa shape index (κ3) is 3.46. The van der Waals surface area contributed by atoms with E-state index in [1.54, 1.807) is 54.6 Å². The zero-order valence-electron chi connectivity index (χ0n) is 14.4. The van der Waals surface area contributed by atoms with Gasteiger partial charge in [-0.2, -0.15) is 0 Å². The van der Waals surface area contributed by atoms with E-state index in [2.05, 4.69) is 10.0 Å². The van der Waals surface area contributed by atoms with Crippen LogP contribution < -0.4 is 10.0 Å². The van der Waals surface area contributed by atoms with Crippen molar-refractivity contribution in [3.05, 3.63) is 60.2 Å². The summed E-state index contributed by atoms with van der Waals surface area (Å²) in [7, 11) is -3.62. The summed E-state index contributed by atoms with van der Waals surface area (Å²) in [6, 6.07) is 15.1. The maximum absolute atomic E-state index is 12.4. The van der Waals surface area contributed by atoms with Crippen LogP contribution in [-0.2, 0) is 10.0 Å². The average Bonchev–Trinajstić information content (AvgIpc) is 3.26. The van der Waals surface area contributed by atoms with Crippen molar-refractivity contribution in [1.82, 2.24) is 5.32 Å². The molecule has 5 nitrogen and oxygen atoms in total. The van der Waals surface area contributed by atoms with Crippen molar-refractivity contribution in [3.63, 3.8) is 0 Å². The van der Waals surface area contributed by atoms with Gasteiger partial charge in [0.15, 0.2) is 0 Å². The molecule has 2 fully saturated rings. The molecule has 0 aromatic heterocycles. The summed E-state index contributed by atoms with van der Waals surface area (Å²) in [5.41, 5.74) is 0.987. The van der Waals surface area contributed by atoms with Crippen LogP contribution in [0.5, 0.6) is 0 Å². The lowest BCUT2D eigenvalue weighted by Gasteiger charge is -2.22. The lowest BCUT2D eigenvalue weighted by molar-refractivity contribution is 0.0923. The third-order valence-electron chi connectivity index (χ3n) is 5.51. The Morgan fingerprint density at radius 1 is 0.923 bits per heavy atom. The maximum atomic E-state index is 12.4. The van der Waals surface area contributed by atoms with Crippen LogP contribution in [-0.4, -0.2) is 20.4 Å². The molecule has 2 aliphatic carbocycles. The van der Waals surface area contributed by atoms with E-state index in [1.807, 2.05) is 0 Å². The van der Waals surface area contributed by atoms with Crippen LogP contribution in [0.25, 0.3) is 0 Å². The van der Waals surface area contributed by atoms with Crippen LogP contribution in [0.2, 0.25) is 0 Å². The summed E-state index contributed by atoms with van der Waals surface area (Å²) in [4.78, 5) is 12.7. The van der Waals surface area contributed by atoms with Gasteiger partial charge in [-0.15, -0.1) is 0 Å². The number of benzene rings is 2. The maximum Gasteiger partial charge on any atom is 0.261 e. The van der Waals surface area contributed by atoms with Gasteiger partial charge in [0.1, 0.15) is 0 Å². The van der Waals surface area contributed by atoms with Crippen LogP contribution in [0, 0.1) is 11.8 Å². The third-order valence-corrected chi connectivity index (χ3v) is 6.90. The number of anilines is 1. The smallest absolute Gasteiger partial charge is 0.261 e.